The van der Waals surface area contributed by atoms with Crippen molar-refractivity contribution in [1.82, 2.24) is 20.0 Å². The normalized spacial score (nSPS) is 20.2. The lowest BCUT2D eigenvalue weighted by Crippen LogP contribution is -2.52. The Hall–Kier alpha value is -3.95. The number of fused-ring (bicyclic) bond motifs is 1. The highest BCUT2D eigenvalue weighted by Gasteiger charge is 2.40. The van der Waals surface area contributed by atoms with E-state index in [2.05, 4.69) is 15.1 Å². The molecule has 0 spiro atoms. The Labute approximate surface area is 231 Å². The van der Waals surface area contributed by atoms with E-state index in [1.807, 2.05) is 18.2 Å². The van der Waals surface area contributed by atoms with E-state index in [4.69, 9.17) is 0 Å². The molecule has 1 N–H and O–H groups in total. The highest BCUT2D eigenvalue weighted by Crippen LogP contribution is 2.32. The van der Waals surface area contributed by atoms with Crippen LogP contribution in [0.2, 0.25) is 0 Å². The molecule has 2 saturated heterocycles. The summed E-state index contributed by atoms with van der Waals surface area (Å²) in [6.07, 6.45) is 0.565. The minimum absolute atomic E-state index is 0.132. The van der Waals surface area contributed by atoms with Gasteiger partial charge in [-0.1, -0.05) is 42.5 Å². The second-order valence-corrected chi connectivity index (χ2v) is 10.7. The first-order valence-corrected chi connectivity index (χ1v) is 13.6. The van der Waals surface area contributed by atoms with Gasteiger partial charge in [0, 0.05) is 51.3 Å². The summed E-state index contributed by atoms with van der Waals surface area (Å²) in [5, 5.41) is 2.35. The van der Waals surface area contributed by atoms with E-state index in [0.29, 0.717) is 25.1 Å². The molecular formula is C31H30F2N4O3. The third-order valence-corrected chi connectivity index (χ3v) is 8.18. The number of rotatable bonds is 6. The molecule has 3 aliphatic heterocycles. The summed E-state index contributed by atoms with van der Waals surface area (Å²) < 4.78 is 27.3. The summed E-state index contributed by atoms with van der Waals surface area (Å²) in [5.74, 6) is -1.47. The zero-order valence-electron chi connectivity index (χ0n) is 22.0. The molecule has 6 rings (SSSR count). The predicted molar refractivity (Wildman–Crippen MR) is 144 cm³/mol. The van der Waals surface area contributed by atoms with Gasteiger partial charge < -0.3 is 4.90 Å². The van der Waals surface area contributed by atoms with Gasteiger partial charge in [-0.2, -0.15) is 0 Å². The van der Waals surface area contributed by atoms with Crippen LogP contribution in [0.15, 0.2) is 66.7 Å². The van der Waals surface area contributed by atoms with Crippen molar-refractivity contribution >= 4 is 17.7 Å². The van der Waals surface area contributed by atoms with Gasteiger partial charge in [0.25, 0.3) is 5.91 Å². The van der Waals surface area contributed by atoms with Gasteiger partial charge in [0.2, 0.25) is 11.8 Å². The maximum Gasteiger partial charge on any atom is 0.255 e. The SMILES string of the molecule is O=C1CCC(N2Cc3cccc(CN4CCN(C(c5ccc(F)cc5)c5ccc(F)cc5)CC4)c3C2=O)C(=O)N1. The van der Waals surface area contributed by atoms with Gasteiger partial charge in [0.05, 0.1) is 6.04 Å². The van der Waals surface area contributed by atoms with Crippen LogP contribution in [0, 0.1) is 11.6 Å². The van der Waals surface area contributed by atoms with Crippen LogP contribution in [0.5, 0.6) is 0 Å². The third kappa shape index (κ3) is 5.14. The van der Waals surface area contributed by atoms with E-state index in [-0.39, 0.29) is 35.9 Å². The molecule has 3 aliphatic rings. The number of halogens is 2. The molecular weight excluding hydrogens is 514 g/mol. The second-order valence-electron chi connectivity index (χ2n) is 10.7. The van der Waals surface area contributed by atoms with E-state index in [1.54, 1.807) is 29.2 Å². The van der Waals surface area contributed by atoms with Gasteiger partial charge in [-0.3, -0.25) is 29.5 Å². The molecule has 0 radical (unpaired) electrons. The number of benzene rings is 3. The first-order valence-electron chi connectivity index (χ1n) is 13.6. The number of carbonyl (C=O) groups excluding carboxylic acids is 3. The predicted octanol–water partition coefficient (Wildman–Crippen LogP) is 3.63. The van der Waals surface area contributed by atoms with E-state index in [1.165, 1.54) is 24.3 Å². The fourth-order valence-electron chi connectivity index (χ4n) is 6.15. The molecule has 3 aromatic rings. The molecule has 3 heterocycles. The maximum absolute atomic E-state index is 13.7. The monoisotopic (exact) mass is 544 g/mol. The lowest BCUT2D eigenvalue weighted by Gasteiger charge is -2.40. The number of hydrogen-bond donors (Lipinski definition) is 1. The zero-order valence-corrected chi connectivity index (χ0v) is 22.0. The molecule has 3 amide bonds. The third-order valence-electron chi connectivity index (χ3n) is 8.18. The summed E-state index contributed by atoms with van der Waals surface area (Å²) in [6, 6.07) is 18.0. The quantitative estimate of drug-likeness (QED) is 0.480. The van der Waals surface area contributed by atoms with E-state index < -0.39 is 11.9 Å². The highest BCUT2D eigenvalue weighted by atomic mass is 19.1. The summed E-state index contributed by atoms with van der Waals surface area (Å²) in [6.45, 7) is 3.96. The number of imide groups is 1. The van der Waals surface area contributed by atoms with Gasteiger partial charge in [-0.15, -0.1) is 0 Å². The molecule has 206 valence electrons. The Bertz CT molecular complexity index is 1390. The van der Waals surface area contributed by atoms with Crippen LogP contribution < -0.4 is 5.32 Å². The number of piperazine rings is 1. The molecule has 0 aliphatic carbocycles. The average molecular weight is 545 g/mol. The minimum atomic E-state index is -0.635. The Morgan fingerprint density at radius 2 is 1.45 bits per heavy atom. The Morgan fingerprint density at radius 1 is 0.825 bits per heavy atom. The molecule has 3 aromatic carbocycles. The van der Waals surface area contributed by atoms with Crippen molar-refractivity contribution in [2.75, 3.05) is 26.2 Å². The van der Waals surface area contributed by atoms with Crippen molar-refractivity contribution in [3.8, 4) is 0 Å². The van der Waals surface area contributed by atoms with Crippen molar-refractivity contribution in [2.45, 2.75) is 38.0 Å². The Kier molecular flexibility index (Phi) is 7.16. The lowest BCUT2D eigenvalue weighted by molar-refractivity contribution is -0.136. The zero-order chi connectivity index (χ0) is 27.8. The van der Waals surface area contributed by atoms with Crippen LogP contribution in [0.25, 0.3) is 0 Å². The van der Waals surface area contributed by atoms with E-state index in [0.717, 1.165) is 48.4 Å². The molecule has 1 atom stereocenters. The summed E-state index contributed by atoms with van der Waals surface area (Å²) in [4.78, 5) is 43.7. The van der Waals surface area contributed by atoms with Crippen LogP contribution >= 0.6 is 0 Å². The molecule has 2 fully saturated rings. The molecule has 7 nitrogen and oxygen atoms in total. The van der Waals surface area contributed by atoms with E-state index >= 15 is 0 Å². The van der Waals surface area contributed by atoms with Crippen molar-refractivity contribution in [3.05, 3.63) is 106 Å². The highest BCUT2D eigenvalue weighted by molar-refractivity contribution is 6.06. The van der Waals surface area contributed by atoms with Crippen molar-refractivity contribution < 1.29 is 23.2 Å². The van der Waals surface area contributed by atoms with Gasteiger partial charge in [0.15, 0.2) is 0 Å². The smallest absolute Gasteiger partial charge is 0.255 e. The number of nitrogens with one attached hydrogen (secondary N) is 1. The summed E-state index contributed by atoms with van der Waals surface area (Å²) in [7, 11) is 0. The molecule has 0 bridgehead atoms. The molecule has 1 unspecified atom stereocenters. The van der Waals surface area contributed by atoms with Crippen LogP contribution in [0.4, 0.5) is 8.78 Å². The van der Waals surface area contributed by atoms with Crippen LogP contribution in [-0.2, 0) is 22.7 Å². The minimum Gasteiger partial charge on any atom is -0.322 e. The van der Waals surface area contributed by atoms with Gasteiger partial charge >= 0.3 is 0 Å². The van der Waals surface area contributed by atoms with Gasteiger partial charge in [-0.25, -0.2) is 8.78 Å². The second kappa shape index (κ2) is 10.9. The van der Waals surface area contributed by atoms with Gasteiger partial charge in [0.1, 0.15) is 17.7 Å². The first kappa shape index (κ1) is 26.3. The molecule has 9 heteroatoms. The fourth-order valence-corrected chi connectivity index (χ4v) is 6.15. The van der Waals surface area contributed by atoms with Crippen molar-refractivity contribution in [2.24, 2.45) is 0 Å². The summed E-state index contributed by atoms with van der Waals surface area (Å²) >= 11 is 0. The number of amides is 3. The maximum atomic E-state index is 13.7. The standard InChI is InChI=1S/C31H30F2N4O3/c32-24-8-4-20(5-9-24)29(21-6-10-25(33)11-7-21)36-16-14-35(15-17-36)18-22-2-1-3-23-19-37(31(40)28(22)23)26-12-13-27(38)34-30(26)39/h1-11,26,29H,12-19H2,(H,34,38,39). The van der Waals surface area contributed by atoms with Gasteiger partial charge in [-0.05, 0) is 52.9 Å². The van der Waals surface area contributed by atoms with Crippen LogP contribution in [0.3, 0.4) is 0 Å². The summed E-state index contributed by atoms with van der Waals surface area (Å²) in [5.41, 5.74) is 4.38. The van der Waals surface area contributed by atoms with E-state index in [9.17, 15) is 23.2 Å². The van der Waals surface area contributed by atoms with Crippen molar-refractivity contribution in [1.29, 1.82) is 0 Å². The molecule has 0 saturated carbocycles. The average Bonchev–Trinajstić information content (AvgIpc) is 3.28. The fraction of sp³-hybridized carbons (Fsp3) is 0.323. The number of piperidine rings is 1. The van der Waals surface area contributed by atoms with Crippen molar-refractivity contribution in [3.63, 3.8) is 0 Å². The van der Waals surface area contributed by atoms with Crippen LogP contribution in [0.1, 0.15) is 51.5 Å². The lowest BCUT2D eigenvalue weighted by atomic mass is 9.96. The van der Waals surface area contributed by atoms with Crippen LogP contribution in [-0.4, -0.2) is 64.6 Å². The first-order chi connectivity index (χ1) is 19.4. The Morgan fingerprint density at radius 3 is 2.05 bits per heavy atom. The molecule has 40 heavy (non-hydrogen) atoms. The number of nitrogens with zero attached hydrogens (tertiary/aromatic N) is 3. The molecule has 0 aromatic heterocycles. The number of hydrogen-bond acceptors (Lipinski definition) is 5. The Balaban J connectivity index is 1.16. The largest absolute Gasteiger partial charge is 0.322 e. The topological polar surface area (TPSA) is 73.0 Å². The number of carbonyl (C=O) groups is 3.